The van der Waals surface area contributed by atoms with E-state index in [0.29, 0.717) is 33.0 Å². The molecule has 0 aromatic heterocycles. The highest BCUT2D eigenvalue weighted by Gasteiger charge is 2.42. The molecule has 0 aliphatic heterocycles. The van der Waals surface area contributed by atoms with Gasteiger partial charge in [-0.15, -0.1) is 5.54 Å². The third-order valence-corrected chi connectivity index (χ3v) is 14.7. The Morgan fingerprint density at radius 2 is 0.921 bits per heavy atom. The third kappa shape index (κ3) is 4.18. The molecule has 194 valence electrons. The van der Waals surface area contributed by atoms with Crippen LogP contribution in [0.1, 0.15) is 52.7 Å². The van der Waals surface area contributed by atoms with E-state index in [1.54, 1.807) is 12.1 Å². The summed E-state index contributed by atoms with van der Waals surface area (Å²) < 4.78 is 44.5. The van der Waals surface area contributed by atoms with Crippen molar-refractivity contribution in [3.05, 3.63) is 83.9 Å². The van der Waals surface area contributed by atoms with Gasteiger partial charge in [-0.25, -0.2) is 0 Å². The minimum Gasteiger partial charge on any atom is -0.166 e. The average molecular weight is 527 g/mol. The van der Waals surface area contributed by atoms with Gasteiger partial charge in [0.2, 0.25) is 0 Å². The van der Waals surface area contributed by atoms with Crippen LogP contribution in [0.2, 0.25) is 16.6 Å². The summed E-state index contributed by atoms with van der Waals surface area (Å²) in [6, 6.07) is 22.5. The van der Waals surface area contributed by atoms with Gasteiger partial charge in [0, 0.05) is 5.56 Å². The first kappa shape index (κ1) is 26.3. The molecule has 0 heterocycles. The van der Waals surface area contributed by atoms with Crippen LogP contribution in [0.5, 0.6) is 0 Å². The number of fused-ring (bicyclic) bond motifs is 4. The Kier molecular flexibility index (Phi) is 6.56. The lowest BCUT2D eigenvalue weighted by atomic mass is 9.88. The fourth-order valence-corrected chi connectivity index (χ4v) is 11.8. The number of halogens is 3. The smallest absolute Gasteiger partial charge is 0.166 e. The Balaban J connectivity index is 2.03. The molecule has 5 rings (SSSR count). The molecule has 0 saturated carbocycles. The maximum atomic E-state index is 14.8. The van der Waals surface area contributed by atoms with E-state index >= 15 is 0 Å². The summed E-state index contributed by atoms with van der Waals surface area (Å²) >= 11 is 0. The predicted molar refractivity (Wildman–Crippen MR) is 159 cm³/mol. The van der Waals surface area contributed by atoms with E-state index in [0.717, 1.165) is 21.5 Å². The highest BCUT2D eigenvalue weighted by molar-refractivity contribution is 6.90. The molecule has 5 aromatic carbocycles. The van der Waals surface area contributed by atoms with Gasteiger partial charge in [-0.1, -0.05) is 96.0 Å². The molecular weight excluding hydrogens is 493 g/mol. The maximum absolute atomic E-state index is 14.8. The standard InChI is InChI=1S/C34H33F3Si/c1-21(2)38(22(3)4,23(5)6)16-15-28-29-17-24-11-7-9-13-26(24)19-31(29)33(34(35,36)37)32-20-27-14-10-8-12-25(27)18-30(28)32/h7-14,17-23H,1-6H3. The number of hydrogen-bond donors (Lipinski definition) is 0. The second-order valence-electron chi connectivity index (χ2n) is 11.4. The van der Waals surface area contributed by atoms with Crippen molar-refractivity contribution >= 4 is 51.2 Å². The van der Waals surface area contributed by atoms with Crippen LogP contribution < -0.4 is 0 Å². The van der Waals surface area contributed by atoms with Gasteiger partial charge < -0.3 is 0 Å². The van der Waals surface area contributed by atoms with Crippen LogP contribution in [-0.4, -0.2) is 8.07 Å². The van der Waals surface area contributed by atoms with E-state index < -0.39 is 19.8 Å². The van der Waals surface area contributed by atoms with Crippen molar-refractivity contribution in [2.45, 2.75) is 64.3 Å². The topological polar surface area (TPSA) is 0 Å². The van der Waals surface area contributed by atoms with E-state index in [2.05, 4.69) is 53.0 Å². The molecule has 0 nitrogen and oxygen atoms in total. The number of rotatable bonds is 3. The summed E-state index contributed by atoms with van der Waals surface area (Å²) in [5.74, 6) is 3.57. The second kappa shape index (κ2) is 9.47. The molecule has 0 N–H and O–H groups in total. The summed E-state index contributed by atoms with van der Waals surface area (Å²) in [5, 5.41) is 4.99. The zero-order valence-corrected chi connectivity index (χ0v) is 23.8. The summed E-state index contributed by atoms with van der Waals surface area (Å²) in [6.07, 6.45) is -4.51. The lowest BCUT2D eigenvalue weighted by Gasteiger charge is -2.38. The Labute approximate surface area is 223 Å². The van der Waals surface area contributed by atoms with Crippen molar-refractivity contribution in [3.63, 3.8) is 0 Å². The van der Waals surface area contributed by atoms with Crippen LogP contribution in [0, 0.1) is 11.5 Å². The first-order valence-corrected chi connectivity index (χ1v) is 15.6. The Morgan fingerprint density at radius 3 is 1.24 bits per heavy atom. The molecule has 0 bridgehead atoms. The molecule has 38 heavy (non-hydrogen) atoms. The van der Waals surface area contributed by atoms with Gasteiger partial charge in [0.25, 0.3) is 0 Å². The van der Waals surface area contributed by atoms with E-state index in [1.807, 2.05) is 60.7 Å². The van der Waals surface area contributed by atoms with Crippen LogP contribution in [0.4, 0.5) is 13.2 Å². The zero-order chi connectivity index (χ0) is 27.4. The van der Waals surface area contributed by atoms with Crippen LogP contribution in [0.15, 0.2) is 72.8 Å². The van der Waals surface area contributed by atoms with Crippen molar-refractivity contribution in [3.8, 4) is 11.5 Å². The second-order valence-corrected chi connectivity index (χ2v) is 17.0. The van der Waals surface area contributed by atoms with E-state index in [4.69, 9.17) is 0 Å². The van der Waals surface area contributed by atoms with Gasteiger partial charge in [0.1, 0.15) is 8.07 Å². The summed E-state index contributed by atoms with van der Waals surface area (Å²) in [4.78, 5) is 0. The number of alkyl halides is 3. The molecule has 0 saturated heterocycles. The average Bonchev–Trinajstić information content (AvgIpc) is 2.84. The quantitative estimate of drug-likeness (QED) is 0.125. The Morgan fingerprint density at radius 1 is 0.579 bits per heavy atom. The Bertz CT molecular complexity index is 1630. The molecule has 0 spiro atoms. The fourth-order valence-electron chi connectivity index (χ4n) is 6.64. The molecule has 0 unspecified atom stereocenters. The molecule has 0 aliphatic carbocycles. The lowest BCUT2D eigenvalue weighted by molar-refractivity contribution is -0.135. The van der Waals surface area contributed by atoms with Crippen molar-refractivity contribution in [1.29, 1.82) is 0 Å². The molecule has 5 aromatic rings. The minimum absolute atomic E-state index is 0.217. The minimum atomic E-state index is -4.51. The Hall–Kier alpha value is -3.29. The largest absolute Gasteiger partial charge is 0.417 e. The molecule has 0 radical (unpaired) electrons. The van der Waals surface area contributed by atoms with Gasteiger partial charge in [0.15, 0.2) is 0 Å². The first-order chi connectivity index (χ1) is 17.9. The normalized spacial score (nSPS) is 12.8. The van der Waals surface area contributed by atoms with Gasteiger partial charge >= 0.3 is 6.18 Å². The number of hydrogen-bond acceptors (Lipinski definition) is 0. The molecule has 4 heteroatoms. The van der Waals surface area contributed by atoms with Gasteiger partial charge in [-0.05, 0) is 84.0 Å². The van der Waals surface area contributed by atoms with Gasteiger partial charge in [-0.3, -0.25) is 0 Å². The summed E-state index contributed by atoms with van der Waals surface area (Å²) in [6.45, 7) is 13.5. The zero-order valence-electron chi connectivity index (χ0n) is 22.8. The van der Waals surface area contributed by atoms with Crippen molar-refractivity contribution in [2.75, 3.05) is 0 Å². The predicted octanol–water partition coefficient (Wildman–Crippen LogP) is 10.9. The van der Waals surface area contributed by atoms with E-state index in [9.17, 15) is 13.2 Å². The summed E-state index contributed by atoms with van der Waals surface area (Å²) in [5.41, 5.74) is 5.18. The highest BCUT2D eigenvalue weighted by Crippen LogP contribution is 2.45. The lowest BCUT2D eigenvalue weighted by Crippen LogP contribution is -2.43. The maximum Gasteiger partial charge on any atom is 0.417 e. The monoisotopic (exact) mass is 526 g/mol. The van der Waals surface area contributed by atoms with Crippen LogP contribution in [-0.2, 0) is 6.18 Å². The van der Waals surface area contributed by atoms with Crippen LogP contribution >= 0.6 is 0 Å². The number of benzene rings is 5. The van der Waals surface area contributed by atoms with Crippen LogP contribution in [0.25, 0.3) is 43.1 Å². The fraction of sp³-hybridized carbons (Fsp3) is 0.294. The molecule has 0 atom stereocenters. The SMILES string of the molecule is CC(C)[Si](C#Cc1c2cc3ccccc3cc2c(C(F)(F)F)c2cc3ccccc3cc12)(C(C)C)C(C)C. The molecule has 0 fully saturated rings. The van der Waals surface area contributed by atoms with E-state index in [1.165, 1.54) is 0 Å². The van der Waals surface area contributed by atoms with Crippen LogP contribution in [0.3, 0.4) is 0 Å². The van der Waals surface area contributed by atoms with E-state index in [-0.39, 0.29) is 10.8 Å². The van der Waals surface area contributed by atoms with Gasteiger partial charge in [-0.2, -0.15) is 13.2 Å². The van der Waals surface area contributed by atoms with Crippen molar-refractivity contribution in [2.24, 2.45) is 0 Å². The third-order valence-electron chi connectivity index (χ3n) is 8.40. The van der Waals surface area contributed by atoms with Crippen molar-refractivity contribution < 1.29 is 13.2 Å². The highest BCUT2D eigenvalue weighted by atomic mass is 28.3. The first-order valence-electron chi connectivity index (χ1n) is 13.4. The molecule has 0 amide bonds. The van der Waals surface area contributed by atoms with Crippen molar-refractivity contribution in [1.82, 2.24) is 0 Å². The molecular formula is C34H33F3Si. The summed E-state index contributed by atoms with van der Waals surface area (Å²) in [7, 11) is -2.13. The van der Waals surface area contributed by atoms with Gasteiger partial charge in [0.05, 0.1) is 5.56 Å². The molecule has 0 aliphatic rings.